The number of hydrogen-bond donors (Lipinski definition) is 1. The van der Waals surface area contributed by atoms with Crippen LogP contribution in [0.3, 0.4) is 0 Å². The molecule has 112 valence electrons. The van der Waals surface area contributed by atoms with Crippen LogP contribution in [-0.2, 0) is 4.74 Å². The summed E-state index contributed by atoms with van der Waals surface area (Å²) in [6.45, 7) is 4.05. The highest BCUT2D eigenvalue weighted by Crippen LogP contribution is 2.36. The Kier molecular flexibility index (Phi) is 5.68. The predicted octanol–water partition coefficient (Wildman–Crippen LogP) is 2.92. The van der Waals surface area contributed by atoms with E-state index in [1.165, 1.54) is 0 Å². The van der Waals surface area contributed by atoms with Crippen LogP contribution in [0, 0.1) is 0 Å². The lowest BCUT2D eigenvalue weighted by molar-refractivity contribution is -0.000878. The minimum Gasteiger partial charge on any atom is -0.497 e. The SMILES string of the molecule is CCCNC1CCOC(c2ccc(OC)cc2OC)C1. The van der Waals surface area contributed by atoms with E-state index in [1.807, 2.05) is 18.2 Å². The number of rotatable bonds is 6. The van der Waals surface area contributed by atoms with Gasteiger partial charge < -0.3 is 19.5 Å². The van der Waals surface area contributed by atoms with Crippen LogP contribution in [0.2, 0.25) is 0 Å². The zero-order chi connectivity index (χ0) is 14.4. The van der Waals surface area contributed by atoms with E-state index in [0.717, 1.165) is 49.5 Å². The lowest BCUT2D eigenvalue weighted by Crippen LogP contribution is -2.36. The molecule has 20 heavy (non-hydrogen) atoms. The third kappa shape index (κ3) is 3.64. The molecule has 0 aromatic heterocycles. The lowest BCUT2D eigenvalue weighted by Gasteiger charge is -2.31. The number of methoxy groups -OCH3 is 2. The molecule has 1 N–H and O–H groups in total. The largest absolute Gasteiger partial charge is 0.497 e. The molecule has 2 unspecified atom stereocenters. The molecule has 1 aliphatic rings. The average Bonchev–Trinajstić information content (AvgIpc) is 2.52. The van der Waals surface area contributed by atoms with Gasteiger partial charge >= 0.3 is 0 Å². The van der Waals surface area contributed by atoms with Crippen LogP contribution in [0.1, 0.15) is 37.9 Å². The van der Waals surface area contributed by atoms with E-state index in [-0.39, 0.29) is 6.10 Å². The quantitative estimate of drug-likeness (QED) is 0.869. The number of nitrogens with one attached hydrogen (secondary N) is 1. The molecule has 1 heterocycles. The van der Waals surface area contributed by atoms with Crippen molar-refractivity contribution in [3.63, 3.8) is 0 Å². The Labute approximate surface area is 121 Å². The summed E-state index contributed by atoms with van der Waals surface area (Å²) < 4.78 is 16.6. The van der Waals surface area contributed by atoms with E-state index in [9.17, 15) is 0 Å². The summed E-state index contributed by atoms with van der Waals surface area (Å²) in [5.41, 5.74) is 1.11. The first kappa shape index (κ1) is 15.1. The van der Waals surface area contributed by atoms with Gasteiger partial charge in [-0.1, -0.05) is 6.92 Å². The second-order valence-electron chi connectivity index (χ2n) is 5.14. The Morgan fingerprint density at radius 3 is 2.85 bits per heavy atom. The smallest absolute Gasteiger partial charge is 0.128 e. The van der Waals surface area contributed by atoms with Gasteiger partial charge in [-0.15, -0.1) is 0 Å². The van der Waals surface area contributed by atoms with E-state index < -0.39 is 0 Å². The summed E-state index contributed by atoms with van der Waals surface area (Å²) in [7, 11) is 3.35. The summed E-state index contributed by atoms with van der Waals surface area (Å²) >= 11 is 0. The summed E-state index contributed by atoms with van der Waals surface area (Å²) in [4.78, 5) is 0. The molecule has 1 aromatic carbocycles. The molecule has 0 bridgehead atoms. The second-order valence-corrected chi connectivity index (χ2v) is 5.14. The molecule has 0 radical (unpaired) electrons. The zero-order valence-electron chi connectivity index (χ0n) is 12.6. The zero-order valence-corrected chi connectivity index (χ0v) is 12.6. The van der Waals surface area contributed by atoms with Crippen molar-refractivity contribution in [1.82, 2.24) is 5.32 Å². The molecule has 2 rings (SSSR count). The molecule has 1 aliphatic heterocycles. The van der Waals surface area contributed by atoms with Gasteiger partial charge in [0.1, 0.15) is 11.5 Å². The van der Waals surface area contributed by atoms with E-state index in [1.54, 1.807) is 14.2 Å². The van der Waals surface area contributed by atoms with Crippen molar-refractivity contribution in [2.75, 3.05) is 27.4 Å². The molecule has 1 saturated heterocycles. The minimum absolute atomic E-state index is 0.0963. The summed E-state index contributed by atoms with van der Waals surface area (Å²) in [6.07, 6.45) is 3.32. The van der Waals surface area contributed by atoms with Gasteiger partial charge in [0.25, 0.3) is 0 Å². The molecule has 0 aliphatic carbocycles. The topological polar surface area (TPSA) is 39.7 Å². The minimum atomic E-state index is 0.0963. The predicted molar refractivity (Wildman–Crippen MR) is 79.6 cm³/mol. The number of ether oxygens (including phenoxy) is 3. The number of benzene rings is 1. The number of hydrogen-bond acceptors (Lipinski definition) is 4. The fourth-order valence-corrected chi connectivity index (χ4v) is 2.63. The molecular weight excluding hydrogens is 254 g/mol. The van der Waals surface area contributed by atoms with Gasteiger partial charge in [0.2, 0.25) is 0 Å². The third-order valence-electron chi connectivity index (χ3n) is 3.75. The summed E-state index contributed by atoms with van der Waals surface area (Å²) in [6, 6.07) is 6.46. The van der Waals surface area contributed by atoms with Gasteiger partial charge in [0.15, 0.2) is 0 Å². The molecule has 4 nitrogen and oxygen atoms in total. The fraction of sp³-hybridized carbons (Fsp3) is 0.625. The first-order valence-corrected chi connectivity index (χ1v) is 7.35. The average molecular weight is 279 g/mol. The van der Waals surface area contributed by atoms with Crippen LogP contribution >= 0.6 is 0 Å². The van der Waals surface area contributed by atoms with Crippen molar-refractivity contribution >= 4 is 0 Å². The molecule has 2 atom stereocenters. The van der Waals surface area contributed by atoms with Gasteiger partial charge in [0, 0.05) is 24.3 Å². The Hall–Kier alpha value is -1.26. The van der Waals surface area contributed by atoms with Crippen molar-refractivity contribution in [1.29, 1.82) is 0 Å². The Morgan fingerprint density at radius 1 is 1.30 bits per heavy atom. The van der Waals surface area contributed by atoms with Crippen LogP contribution in [0.15, 0.2) is 18.2 Å². The van der Waals surface area contributed by atoms with Crippen LogP contribution in [-0.4, -0.2) is 33.4 Å². The first-order chi connectivity index (χ1) is 9.78. The monoisotopic (exact) mass is 279 g/mol. The van der Waals surface area contributed by atoms with Crippen LogP contribution in [0.4, 0.5) is 0 Å². The molecule has 4 heteroatoms. The maximum atomic E-state index is 5.93. The van der Waals surface area contributed by atoms with Crippen LogP contribution < -0.4 is 14.8 Å². The summed E-state index contributed by atoms with van der Waals surface area (Å²) in [5.74, 6) is 1.65. The van der Waals surface area contributed by atoms with Gasteiger partial charge in [-0.3, -0.25) is 0 Å². The lowest BCUT2D eigenvalue weighted by atomic mass is 9.96. The second kappa shape index (κ2) is 7.50. The van der Waals surface area contributed by atoms with Gasteiger partial charge in [0.05, 0.1) is 20.3 Å². The summed E-state index contributed by atoms with van der Waals surface area (Å²) in [5, 5.41) is 3.59. The van der Waals surface area contributed by atoms with Gasteiger partial charge in [-0.25, -0.2) is 0 Å². The fourth-order valence-electron chi connectivity index (χ4n) is 2.63. The highest BCUT2D eigenvalue weighted by molar-refractivity contribution is 5.42. The molecule has 0 spiro atoms. The normalized spacial score (nSPS) is 22.6. The van der Waals surface area contributed by atoms with E-state index in [2.05, 4.69) is 12.2 Å². The van der Waals surface area contributed by atoms with Gasteiger partial charge in [-0.05, 0) is 37.9 Å². The molecule has 1 fully saturated rings. The third-order valence-corrected chi connectivity index (χ3v) is 3.75. The Morgan fingerprint density at radius 2 is 2.15 bits per heavy atom. The first-order valence-electron chi connectivity index (χ1n) is 7.35. The van der Waals surface area contributed by atoms with E-state index >= 15 is 0 Å². The Bertz CT molecular complexity index is 422. The van der Waals surface area contributed by atoms with Crippen LogP contribution in [0.25, 0.3) is 0 Å². The molecule has 0 saturated carbocycles. The van der Waals surface area contributed by atoms with Gasteiger partial charge in [-0.2, -0.15) is 0 Å². The van der Waals surface area contributed by atoms with Crippen molar-refractivity contribution < 1.29 is 14.2 Å². The molecule has 1 aromatic rings. The van der Waals surface area contributed by atoms with Crippen LogP contribution in [0.5, 0.6) is 11.5 Å². The molecular formula is C16H25NO3. The highest BCUT2D eigenvalue weighted by atomic mass is 16.5. The maximum absolute atomic E-state index is 5.93. The van der Waals surface area contributed by atoms with E-state index in [0.29, 0.717) is 6.04 Å². The van der Waals surface area contributed by atoms with Crippen molar-refractivity contribution in [2.45, 2.75) is 38.3 Å². The standard InChI is InChI=1S/C16H25NO3/c1-4-8-17-12-7-9-20-16(10-12)14-6-5-13(18-2)11-15(14)19-3/h5-6,11-12,16-17H,4,7-10H2,1-3H3. The van der Waals surface area contributed by atoms with E-state index in [4.69, 9.17) is 14.2 Å². The van der Waals surface area contributed by atoms with Crippen molar-refractivity contribution in [2.24, 2.45) is 0 Å². The molecule has 0 amide bonds. The Balaban J connectivity index is 2.09. The van der Waals surface area contributed by atoms with Crippen molar-refractivity contribution in [3.05, 3.63) is 23.8 Å². The highest BCUT2D eigenvalue weighted by Gasteiger charge is 2.25. The maximum Gasteiger partial charge on any atom is 0.128 e. The van der Waals surface area contributed by atoms with Crippen molar-refractivity contribution in [3.8, 4) is 11.5 Å².